The highest BCUT2D eigenvalue weighted by Crippen LogP contribution is 2.27. The lowest BCUT2D eigenvalue weighted by Gasteiger charge is -2.18. The van der Waals surface area contributed by atoms with E-state index in [-0.39, 0.29) is 0 Å². The molecule has 0 amide bonds. The molecule has 0 fully saturated rings. The maximum Gasteiger partial charge on any atom is 0.330 e. The molecule has 8 heteroatoms. The van der Waals surface area contributed by atoms with Gasteiger partial charge in [-0.05, 0) is 35.1 Å². The van der Waals surface area contributed by atoms with Gasteiger partial charge in [-0.15, -0.1) is 0 Å². The third-order valence-corrected chi connectivity index (χ3v) is 6.30. The highest BCUT2D eigenvalue weighted by molar-refractivity contribution is 5.86. The van der Waals surface area contributed by atoms with Crippen LogP contribution in [0.3, 0.4) is 0 Å². The van der Waals surface area contributed by atoms with Crippen LogP contribution in [-0.2, 0) is 16.1 Å². The zero-order valence-electron chi connectivity index (χ0n) is 20.4. The van der Waals surface area contributed by atoms with Crippen LogP contribution in [-0.4, -0.2) is 42.6 Å². The van der Waals surface area contributed by atoms with Gasteiger partial charge in [0.25, 0.3) is 0 Å². The topological polar surface area (TPSA) is 95.7 Å². The molecule has 5 rings (SSSR count). The lowest BCUT2D eigenvalue weighted by Crippen LogP contribution is -2.07. The average molecular weight is 479 g/mol. The van der Waals surface area contributed by atoms with Gasteiger partial charge in [-0.1, -0.05) is 50.3 Å². The summed E-state index contributed by atoms with van der Waals surface area (Å²) in [6.45, 7) is 5.02. The number of fused-ring (bicyclic) bond motifs is 1. The van der Waals surface area contributed by atoms with Crippen LogP contribution < -0.4 is 0 Å². The number of carbonyl (C=O) groups excluding carboxylic acids is 1. The van der Waals surface area contributed by atoms with Crippen molar-refractivity contribution in [1.29, 1.82) is 0 Å². The fourth-order valence-electron chi connectivity index (χ4n) is 3.99. The van der Waals surface area contributed by atoms with Crippen LogP contribution in [0, 0.1) is 11.8 Å². The maximum atomic E-state index is 11.3. The number of rotatable bonds is 6. The van der Waals surface area contributed by atoms with Crippen molar-refractivity contribution in [2.75, 3.05) is 7.11 Å². The van der Waals surface area contributed by atoms with Crippen molar-refractivity contribution in [3.8, 4) is 11.4 Å². The number of carbonyl (C=O) groups is 1. The second-order valence-electron chi connectivity index (χ2n) is 8.87. The summed E-state index contributed by atoms with van der Waals surface area (Å²) < 4.78 is 6.61. The normalized spacial score (nSPS) is 17.5. The maximum absolute atomic E-state index is 11.3. The minimum atomic E-state index is -0.424. The molecule has 0 radical (unpaired) electrons. The molecule has 0 N–H and O–H groups in total. The highest BCUT2D eigenvalue weighted by Gasteiger charge is 2.16. The average Bonchev–Trinajstić information content (AvgIpc) is 3.31. The number of ether oxygens (including phenoxy) is 1. The van der Waals surface area contributed by atoms with Crippen LogP contribution in [0.5, 0.6) is 0 Å². The quantitative estimate of drug-likeness (QED) is 0.292. The molecule has 4 aromatic rings. The van der Waals surface area contributed by atoms with Crippen LogP contribution in [0.15, 0.2) is 73.5 Å². The standard InChI is InChI=1S/C28H26N6O2/c1-18-7-9-22(11-19(18)2)24-15-31-27-28(33-24)34(17-32-27)16-20-5-4-6-23(12-20)26-29-13-21(14-30-26)8-10-25(35)36-3/h4-15,17-19H,16H2,1-3H3. The second-order valence-corrected chi connectivity index (χ2v) is 8.87. The van der Waals surface area contributed by atoms with Crippen molar-refractivity contribution in [2.24, 2.45) is 11.8 Å². The van der Waals surface area contributed by atoms with E-state index in [1.807, 2.05) is 16.7 Å². The largest absolute Gasteiger partial charge is 0.466 e. The van der Waals surface area contributed by atoms with Crippen molar-refractivity contribution in [3.05, 3.63) is 90.3 Å². The Morgan fingerprint density at radius 2 is 1.92 bits per heavy atom. The SMILES string of the molecule is COC(=O)C=Cc1cnc(-c2cccc(Cn3cnc4ncc(C5=CC(C)C(C)C=C5)nc43)c2)nc1. The molecule has 3 heterocycles. The zero-order chi connectivity index (χ0) is 25.1. The first-order valence-electron chi connectivity index (χ1n) is 11.8. The monoisotopic (exact) mass is 478 g/mol. The number of hydrogen-bond donors (Lipinski definition) is 0. The van der Waals surface area contributed by atoms with Crippen molar-refractivity contribution >= 4 is 28.9 Å². The van der Waals surface area contributed by atoms with Crippen LogP contribution in [0.1, 0.15) is 30.7 Å². The van der Waals surface area contributed by atoms with Crippen molar-refractivity contribution in [3.63, 3.8) is 0 Å². The van der Waals surface area contributed by atoms with E-state index in [2.05, 4.69) is 68.9 Å². The first-order valence-corrected chi connectivity index (χ1v) is 11.8. The first kappa shape index (κ1) is 23.3. The van der Waals surface area contributed by atoms with Gasteiger partial charge in [-0.25, -0.2) is 29.7 Å². The third kappa shape index (κ3) is 4.98. The number of methoxy groups -OCH3 is 1. The van der Waals surface area contributed by atoms with Gasteiger partial charge in [0.2, 0.25) is 0 Å². The molecule has 36 heavy (non-hydrogen) atoms. The van der Waals surface area contributed by atoms with E-state index in [0.29, 0.717) is 35.4 Å². The fourth-order valence-corrected chi connectivity index (χ4v) is 3.99. The van der Waals surface area contributed by atoms with E-state index in [1.54, 1.807) is 31.0 Å². The van der Waals surface area contributed by atoms with E-state index < -0.39 is 5.97 Å². The number of aromatic nitrogens is 6. The van der Waals surface area contributed by atoms with Crippen molar-refractivity contribution in [1.82, 2.24) is 29.5 Å². The van der Waals surface area contributed by atoms with Gasteiger partial charge in [-0.2, -0.15) is 0 Å². The minimum absolute atomic E-state index is 0.424. The van der Waals surface area contributed by atoms with Crippen LogP contribution in [0.2, 0.25) is 0 Å². The lowest BCUT2D eigenvalue weighted by molar-refractivity contribution is -0.134. The molecule has 1 aliphatic rings. The molecular formula is C28H26N6O2. The van der Waals surface area contributed by atoms with Crippen LogP contribution >= 0.6 is 0 Å². The molecular weight excluding hydrogens is 452 g/mol. The van der Waals surface area contributed by atoms with Gasteiger partial charge in [0.05, 0.1) is 31.9 Å². The van der Waals surface area contributed by atoms with E-state index in [1.165, 1.54) is 13.2 Å². The van der Waals surface area contributed by atoms with Crippen LogP contribution in [0.25, 0.3) is 34.3 Å². The Balaban J connectivity index is 1.38. The summed E-state index contributed by atoms with van der Waals surface area (Å²) in [6, 6.07) is 8.06. The number of benzene rings is 1. The molecule has 2 atom stereocenters. The molecule has 180 valence electrons. The van der Waals surface area contributed by atoms with Gasteiger partial charge < -0.3 is 9.30 Å². The molecule has 2 unspecified atom stereocenters. The molecule has 0 spiro atoms. The summed E-state index contributed by atoms with van der Waals surface area (Å²) >= 11 is 0. The summed E-state index contributed by atoms with van der Waals surface area (Å²) in [4.78, 5) is 34.1. The van der Waals surface area contributed by atoms with Crippen molar-refractivity contribution in [2.45, 2.75) is 20.4 Å². The van der Waals surface area contributed by atoms with E-state index >= 15 is 0 Å². The predicted octanol–water partition coefficient (Wildman–Crippen LogP) is 4.74. The van der Waals surface area contributed by atoms with E-state index in [0.717, 1.165) is 28.0 Å². The Hall–Kier alpha value is -4.46. The van der Waals surface area contributed by atoms with Gasteiger partial charge in [-0.3, -0.25) is 0 Å². The molecule has 0 aliphatic heterocycles. The molecule has 3 aromatic heterocycles. The fraction of sp³-hybridized carbons (Fsp3) is 0.214. The summed E-state index contributed by atoms with van der Waals surface area (Å²) in [5.41, 5.74) is 5.98. The van der Waals surface area contributed by atoms with Gasteiger partial charge in [0.1, 0.15) is 0 Å². The molecule has 8 nitrogen and oxygen atoms in total. The number of nitrogens with zero attached hydrogens (tertiary/aromatic N) is 6. The van der Waals surface area contributed by atoms with E-state index in [4.69, 9.17) is 4.98 Å². The molecule has 0 saturated carbocycles. The Labute approximate surface area is 209 Å². The van der Waals surface area contributed by atoms with Gasteiger partial charge >= 0.3 is 5.97 Å². The number of esters is 1. The Morgan fingerprint density at radius 1 is 1.08 bits per heavy atom. The third-order valence-electron chi connectivity index (χ3n) is 6.30. The number of imidazole rings is 1. The summed E-state index contributed by atoms with van der Waals surface area (Å²) in [7, 11) is 1.34. The summed E-state index contributed by atoms with van der Waals surface area (Å²) in [5.74, 6) is 1.14. The van der Waals surface area contributed by atoms with Crippen molar-refractivity contribution < 1.29 is 9.53 Å². The number of allylic oxidation sites excluding steroid dienone is 4. The Morgan fingerprint density at radius 3 is 2.69 bits per heavy atom. The predicted molar refractivity (Wildman–Crippen MR) is 138 cm³/mol. The summed E-state index contributed by atoms with van der Waals surface area (Å²) in [5, 5.41) is 0. The highest BCUT2D eigenvalue weighted by atomic mass is 16.5. The lowest BCUT2D eigenvalue weighted by atomic mass is 9.88. The van der Waals surface area contributed by atoms with Gasteiger partial charge in [0, 0.05) is 29.6 Å². The van der Waals surface area contributed by atoms with Gasteiger partial charge in [0.15, 0.2) is 17.1 Å². The molecule has 1 aliphatic carbocycles. The smallest absolute Gasteiger partial charge is 0.330 e. The van der Waals surface area contributed by atoms with E-state index in [9.17, 15) is 4.79 Å². The first-order chi connectivity index (χ1) is 17.5. The molecule has 0 bridgehead atoms. The summed E-state index contributed by atoms with van der Waals surface area (Å²) in [6.07, 6.45) is 16.5. The zero-order valence-corrected chi connectivity index (χ0v) is 20.4. The number of hydrogen-bond acceptors (Lipinski definition) is 7. The Bertz CT molecular complexity index is 1500. The van der Waals surface area contributed by atoms with Crippen LogP contribution in [0.4, 0.5) is 0 Å². The molecule has 1 aromatic carbocycles. The second kappa shape index (κ2) is 10.0. The minimum Gasteiger partial charge on any atom is -0.466 e. The Kier molecular flexibility index (Phi) is 6.49. The molecule has 0 saturated heterocycles.